The number of hydrogen-bond donors (Lipinski definition) is 1. The Morgan fingerprint density at radius 1 is 1.42 bits per heavy atom. The van der Waals surface area contributed by atoms with Gasteiger partial charge in [-0.2, -0.15) is 0 Å². The molecule has 108 valence electrons. The van der Waals surface area contributed by atoms with Crippen LogP contribution in [0.15, 0.2) is 0 Å². The van der Waals surface area contributed by atoms with E-state index in [-0.39, 0.29) is 23.7 Å². The topological polar surface area (TPSA) is 52.3 Å². The lowest BCUT2D eigenvalue weighted by Crippen LogP contribution is -2.59. The zero-order valence-electron chi connectivity index (χ0n) is 14.2. The Hall–Kier alpha value is -0.570. The molecule has 5 atom stereocenters. The highest BCUT2D eigenvalue weighted by Crippen LogP contribution is 2.70. The number of ether oxygens (including phenoxy) is 1. The fourth-order valence-corrected chi connectivity index (χ4v) is 4.80. The van der Waals surface area contributed by atoms with Crippen LogP contribution in [-0.4, -0.2) is 18.1 Å². The van der Waals surface area contributed by atoms with E-state index in [4.69, 9.17) is 13.2 Å². The van der Waals surface area contributed by atoms with Gasteiger partial charge in [0.25, 0.3) is 0 Å². The molecule has 3 heteroatoms. The van der Waals surface area contributed by atoms with Crippen LogP contribution in [0.1, 0.15) is 55.6 Å². The lowest BCUT2D eigenvalue weighted by atomic mass is 9.45. The van der Waals surface area contributed by atoms with Crippen LogP contribution in [0.2, 0.25) is 0 Å². The molecule has 2 bridgehead atoms. The van der Waals surface area contributed by atoms with Crippen LogP contribution in [0.4, 0.5) is 0 Å². The maximum atomic E-state index is 12.3. The van der Waals surface area contributed by atoms with Gasteiger partial charge < -0.3 is 10.5 Å². The van der Waals surface area contributed by atoms with Gasteiger partial charge in [0, 0.05) is 2.74 Å². The van der Waals surface area contributed by atoms with Crippen LogP contribution in [0.3, 0.4) is 0 Å². The highest BCUT2D eigenvalue weighted by molar-refractivity contribution is 5.71. The molecule has 0 aromatic heterocycles. The molecule has 0 amide bonds. The molecule has 3 rings (SSSR count). The molecule has 3 nitrogen and oxygen atoms in total. The highest BCUT2D eigenvalue weighted by Gasteiger charge is 2.66. The van der Waals surface area contributed by atoms with Crippen LogP contribution in [0, 0.1) is 29.1 Å². The normalized spacial score (nSPS) is 48.0. The minimum Gasteiger partial charge on any atom is -0.460 e. The molecule has 0 radical (unpaired) electrons. The molecule has 0 saturated heterocycles. The maximum Gasteiger partial charge on any atom is 0.306 e. The molecule has 0 aromatic carbocycles. The Morgan fingerprint density at radius 3 is 2.79 bits per heavy atom. The van der Waals surface area contributed by atoms with Crippen molar-refractivity contribution < 1.29 is 12.3 Å². The van der Waals surface area contributed by atoms with Crippen LogP contribution >= 0.6 is 0 Å². The summed E-state index contributed by atoms with van der Waals surface area (Å²) in [5.41, 5.74) is 5.20. The zero-order valence-corrected chi connectivity index (χ0v) is 12.2. The van der Waals surface area contributed by atoms with E-state index >= 15 is 0 Å². The van der Waals surface area contributed by atoms with Crippen LogP contribution in [0.5, 0.6) is 0 Å². The quantitative estimate of drug-likeness (QED) is 0.800. The average molecular weight is 267 g/mol. The smallest absolute Gasteiger partial charge is 0.306 e. The first-order chi connectivity index (χ1) is 9.59. The lowest BCUT2D eigenvalue weighted by Gasteiger charge is -2.59. The molecule has 0 unspecified atom stereocenters. The minimum atomic E-state index is -1.18. The monoisotopic (exact) mass is 267 g/mol. The molecule has 3 aliphatic rings. The molecule has 3 aliphatic carbocycles. The Labute approximate surface area is 119 Å². The summed E-state index contributed by atoms with van der Waals surface area (Å²) in [7, 11) is 0. The molecule has 2 N–H and O–H groups in total. The maximum absolute atomic E-state index is 12.3. The largest absolute Gasteiger partial charge is 0.460 e. The summed E-state index contributed by atoms with van der Waals surface area (Å²) in [6, 6.07) is 0. The van der Waals surface area contributed by atoms with E-state index in [2.05, 4.69) is 0 Å². The summed E-state index contributed by atoms with van der Waals surface area (Å²) >= 11 is 0. The van der Waals surface area contributed by atoms with E-state index in [0.717, 1.165) is 12.8 Å². The molecule has 0 aromatic rings. The van der Waals surface area contributed by atoms with E-state index in [1.807, 2.05) is 20.8 Å². The van der Waals surface area contributed by atoms with E-state index in [9.17, 15) is 4.79 Å². The molecule has 3 fully saturated rings. The van der Waals surface area contributed by atoms with Gasteiger partial charge >= 0.3 is 5.97 Å². The fourth-order valence-electron chi connectivity index (χ4n) is 4.80. The summed E-state index contributed by atoms with van der Waals surface area (Å²) in [4.78, 5) is 12.3. The van der Waals surface area contributed by atoms with Gasteiger partial charge in [0.15, 0.2) is 0 Å². The van der Waals surface area contributed by atoms with Gasteiger partial charge in [-0.15, -0.1) is 0 Å². The first-order valence-electron chi connectivity index (χ1n) is 8.51. The Bertz CT molecular complexity index is 460. The molecule has 0 spiro atoms. The number of esters is 1. The molecule has 3 saturated carbocycles. The van der Waals surface area contributed by atoms with Gasteiger partial charge in [0.2, 0.25) is 0 Å². The molecular formula is C16H27NO2. The van der Waals surface area contributed by atoms with Crippen molar-refractivity contribution >= 4 is 5.97 Å². The van der Waals surface area contributed by atoms with Crippen molar-refractivity contribution in [2.24, 2.45) is 34.8 Å². The second-order valence-electron chi connectivity index (χ2n) is 7.69. The van der Waals surface area contributed by atoms with Gasteiger partial charge in [-0.25, -0.2) is 0 Å². The van der Waals surface area contributed by atoms with E-state index in [1.54, 1.807) is 0 Å². The number of hydrogen-bond acceptors (Lipinski definition) is 3. The lowest BCUT2D eigenvalue weighted by molar-refractivity contribution is -0.171. The van der Waals surface area contributed by atoms with Crippen molar-refractivity contribution in [1.29, 1.82) is 0 Å². The van der Waals surface area contributed by atoms with Crippen molar-refractivity contribution in [3.05, 3.63) is 0 Å². The second kappa shape index (κ2) is 4.21. The summed E-state index contributed by atoms with van der Waals surface area (Å²) in [5.74, 6) is 1.05. The van der Waals surface area contributed by atoms with Gasteiger partial charge in [0.05, 0.1) is 6.42 Å². The summed E-state index contributed by atoms with van der Waals surface area (Å²) in [6.07, 6.45) is 1.91. The van der Waals surface area contributed by atoms with Crippen LogP contribution in [-0.2, 0) is 9.53 Å². The Kier molecular flexibility index (Phi) is 2.47. The molecule has 0 heterocycles. The van der Waals surface area contributed by atoms with Gasteiger partial charge in [-0.1, -0.05) is 6.42 Å². The number of carbonyl (C=O) groups excluding carboxylic acids is 1. The predicted octanol–water partition coefficient (Wildman–Crippen LogP) is 2.73. The van der Waals surface area contributed by atoms with Gasteiger partial charge in [0.1, 0.15) is 5.60 Å². The Morgan fingerprint density at radius 2 is 2.16 bits per heavy atom. The van der Waals surface area contributed by atoms with Crippen molar-refractivity contribution in [1.82, 2.24) is 0 Å². The standard InChI is InChI=1S/C16H27NO2/c1-15(2,3)19-14(18)8-16(9-17)12-5-4-10-6-11(12)13(16)7-10/h10-13H,4-9,17H2,1-3H3/t10-,11-,12+,13-,16-/m0/s1/i5D2. The Balaban J connectivity index is 1.83. The number of fused-ring (bicyclic) bond motifs is 1. The summed E-state index contributed by atoms with van der Waals surface area (Å²) in [5, 5.41) is 0. The minimum absolute atomic E-state index is 0.0636. The van der Waals surface area contributed by atoms with Crippen molar-refractivity contribution in [2.75, 3.05) is 6.54 Å². The number of rotatable bonds is 3. The van der Waals surface area contributed by atoms with E-state index in [1.165, 1.54) is 0 Å². The number of carbonyl (C=O) groups is 1. The van der Waals surface area contributed by atoms with E-state index in [0.29, 0.717) is 30.7 Å². The first kappa shape index (κ1) is 11.1. The fraction of sp³-hybridized carbons (Fsp3) is 0.938. The number of nitrogens with two attached hydrogens (primary N) is 1. The third kappa shape index (κ3) is 2.01. The summed E-state index contributed by atoms with van der Waals surface area (Å²) < 4.78 is 22.3. The average Bonchev–Trinajstić information content (AvgIpc) is 2.52. The highest BCUT2D eigenvalue weighted by atomic mass is 16.6. The first-order valence-corrected chi connectivity index (χ1v) is 7.51. The molecule has 19 heavy (non-hydrogen) atoms. The SMILES string of the molecule is [2H]C1([2H])C[C@H]2C[C@@H]3[C@H](C2)[C@](CN)(CC(=O)OC(C)(C)C)[C@@H]31. The molecule has 0 aliphatic heterocycles. The van der Waals surface area contributed by atoms with Crippen molar-refractivity contribution in [2.45, 2.75) is 58.4 Å². The van der Waals surface area contributed by atoms with Gasteiger partial charge in [-0.3, -0.25) is 4.79 Å². The third-order valence-corrected chi connectivity index (χ3v) is 5.40. The van der Waals surface area contributed by atoms with E-state index < -0.39 is 12.0 Å². The van der Waals surface area contributed by atoms with Crippen LogP contribution < -0.4 is 5.73 Å². The second-order valence-corrected chi connectivity index (χ2v) is 7.69. The van der Waals surface area contributed by atoms with Crippen molar-refractivity contribution in [3.8, 4) is 0 Å². The van der Waals surface area contributed by atoms with Crippen LogP contribution in [0.25, 0.3) is 0 Å². The summed E-state index contributed by atoms with van der Waals surface area (Å²) in [6.45, 7) is 5.99. The third-order valence-electron chi connectivity index (χ3n) is 5.40. The predicted molar refractivity (Wildman–Crippen MR) is 74.4 cm³/mol. The zero-order chi connectivity index (χ0) is 15.6. The van der Waals surface area contributed by atoms with Gasteiger partial charge in [-0.05, 0) is 75.6 Å². The molecular weight excluding hydrogens is 238 g/mol. The van der Waals surface area contributed by atoms with Crippen molar-refractivity contribution in [3.63, 3.8) is 0 Å².